The van der Waals surface area contributed by atoms with E-state index in [1.807, 2.05) is 0 Å². The maximum atomic E-state index is 8.40. The molecule has 0 aromatic rings. The minimum Gasteiger partial charge on any atom is -0.198 e. The van der Waals surface area contributed by atoms with Crippen LogP contribution in [0.4, 0.5) is 0 Å². The molecule has 1 nitrogen and oxygen atoms in total. The van der Waals surface area contributed by atoms with Crippen LogP contribution in [0.3, 0.4) is 0 Å². The van der Waals surface area contributed by atoms with Gasteiger partial charge in [0.2, 0.25) is 0 Å². The molecule has 1 heteroatoms. The smallest absolute Gasteiger partial charge is 0.0627 e. The largest absolute Gasteiger partial charge is 0.198 e. The van der Waals surface area contributed by atoms with Gasteiger partial charge in [-0.15, -0.1) is 0 Å². The first-order valence-corrected chi connectivity index (χ1v) is 3.92. The van der Waals surface area contributed by atoms with Crippen molar-refractivity contribution in [2.24, 2.45) is 11.8 Å². The molecule has 0 bridgehead atoms. The van der Waals surface area contributed by atoms with E-state index in [2.05, 4.69) is 25.1 Å². The molecule has 1 aliphatic carbocycles. The lowest BCUT2D eigenvalue weighted by Gasteiger charge is -2.04. The summed E-state index contributed by atoms with van der Waals surface area (Å²) in [5.41, 5.74) is 0. The Balaban J connectivity index is 2.32. The van der Waals surface area contributed by atoms with Crippen molar-refractivity contribution >= 4 is 0 Å². The monoisotopic (exact) mass is 135 g/mol. The summed E-state index contributed by atoms with van der Waals surface area (Å²) in [6, 6.07) is 2.20. The maximum Gasteiger partial charge on any atom is 0.0627 e. The standard InChI is InChI=1S/C9H13N/c1-2-8-3-4-9(7-8)5-6-10/h3-4,8-9H,2,5,7H2,1H3. The summed E-state index contributed by atoms with van der Waals surface area (Å²) in [7, 11) is 0. The summed E-state index contributed by atoms with van der Waals surface area (Å²) in [5.74, 6) is 1.30. The van der Waals surface area contributed by atoms with Gasteiger partial charge in [0, 0.05) is 6.42 Å². The van der Waals surface area contributed by atoms with Gasteiger partial charge in [-0.3, -0.25) is 0 Å². The van der Waals surface area contributed by atoms with Gasteiger partial charge in [-0.05, 0) is 24.7 Å². The van der Waals surface area contributed by atoms with Crippen LogP contribution >= 0.6 is 0 Å². The Hall–Kier alpha value is -0.770. The zero-order valence-corrected chi connectivity index (χ0v) is 6.38. The van der Waals surface area contributed by atoms with Gasteiger partial charge in [0.25, 0.3) is 0 Å². The van der Waals surface area contributed by atoms with E-state index in [0.717, 1.165) is 5.92 Å². The van der Waals surface area contributed by atoms with E-state index in [-0.39, 0.29) is 0 Å². The fraction of sp³-hybridized carbons (Fsp3) is 0.667. The van der Waals surface area contributed by atoms with E-state index in [0.29, 0.717) is 12.3 Å². The quantitative estimate of drug-likeness (QED) is 0.534. The second kappa shape index (κ2) is 3.41. The number of nitrogens with zero attached hydrogens (tertiary/aromatic N) is 1. The molecule has 0 fully saturated rings. The molecule has 0 spiro atoms. The van der Waals surface area contributed by atoms with Crippen LogP contribution < -0.4 is 0 Å². The molecule has 0 saturated carbocycles. The molecule has 54 valence electrons. The zero-order valence-electron chi connectivity index (χ0n) is 6.38. The Kier molecular flexibility index (Phi) is 2.50. The van der Waals surface area contributed by atoms with Gasteiger partial charge in [-0.25, -0.2) is 0 Å². The first kappa shape index (κ1) is 7.34. The third-order valence-corrected chi connectivity index (χ3v) is 2.14. The minimum atomic E-state index is 0.551. The van der Waals surface area contributed by atoms with Crippen LogP contribution in [-0.4, -0.2) is 0 Å². The molecule has 0 N–H and O–H groups in total. The van der Waals surface area contributed by atoms with Gasteiger partial charge in [0.15, 0.2) is 0 Å². The maximum absolute atomic E-state index is 8.40. The zero-order chi connectivity index (χ0) is 7.40. The molecule has 0 amide bonds. The van der Waals surface area contributed by atoms with Gasteiger partial charge in [0.1, 0.15) is 0 Å². The number of hydrogen-bond acceptors (Lipinski definition) is 1. The SMILES string of the molecule is CCC1C=CC(CC#N)C1. The summed E-state index contributed by atoms with van der Waals surface area (Å²) >= 11 is 0. The van der Waals surface area contributed by atoms with Crippen molar-refractivity contribution in [3.8, 4) is 6.07 Å². The van der Waals surface area contributed by atoms with Gasteiger partial charge in [-0.2, -0.15) is 5.26 Å². The molecule has 0 saturated heterocycles. The topological polar surface area (TPSA) is 23.8 Å². The highest BCUT2D eigenvalue weighted by Gasteiger charge is 2.16. The molecule has 0 aromatic heterocycles. The predicted molar refractivity (Wildman–Crippen MR) is 41.3 cm³/mol. The highest BCUT2D eigenvalue weighted by molar-refractivity contribution is 5.03. The van der Waals surface area contributed by atoms with Crippen LogP contribution in [0.5, 0.6) is 0 Å². The summed E-state index contributed by atoms with van der Waals surface area (Å²) in [4.78, 5) is 0. The molecular formula is C9H13N. The van der Waals surface area contributed by atoms with Gasteiger partial charge in [-0.1, -0.05) is 19.1 Å². The van der Waals surface area contributed by atoms with Gasteiger partial charge in [0.05, 0.1) is 6.07 Å². The van der Waals surface area contributed by atoms with Crippen molar-refractivity contribution < 1.29 is 0 Å². The second-order valence-corrected chi connectivity index (χ2v) is 2.91. The fourth-order valence-electron chi connectivity index (χ4n) is 1.43. The molecule has 0 heterocycles. The van der Waals surface area contributed by atoms with Gasteiger partial charge < -0.3 is 0 Å². The number of allylic oxidation sites excluding steroid dienone is 2. The second-order valence-electron chi connectivity index (χ2n) is 2.91. The van der Waals surface area contributed by atoms with Crippen molar-refractivity contribution in [3.05, 3.63) is 12.2 Å². The van der Waals surface area contributed by atoms with Crippen LogP contribution in [0.25, 0.3) is 0 Å². The Morgan fingerprint density at radius 1 is 1.50 bits per heavy atom. The molecule has 0 aliphatic heterocycles. The van der Waals surface area contributed by atoms with Gasteiger partial charge >= 0.3 is 0 Å². The first-order valence-electron chi connectivity index (χ1n) is 3.92. The summed E-state index contributed by atoms with van der Waals surface area (Å²) in [5, 5.41) is 8.40. The average Bonchev–Trinajstić information content (AvgIpc) is 2.37. The van der Waals surface area contributed by atoms with Crippen molar-refractivity contribution in [1.82, 2.24) is 0 Å². The number of rotatable bonds is 2. The Morgan fingerprint density at radius 2 is 2.20 bits per heavy atom. The summed E-state index contributed by atoms with van der Waals surface area (Å²) in [6.45, 7) is 2.20. The Morgan fingerprint density at radius 3 is 2.70 bits per heavy atom. The molecule has 0 aromatic carbocycles. The lowest BCUT2D eigenvalue weighted by atomic mass is 9.99. The third kappa shape index (κ3) is 1.60. The summed E-state index contributed by atoms with van der Waals surface area (Å²) in [6.07, 6.45) is 7.56. The van der Waals surface area contributed by atoms with E-state index in [1.54, 1.807) is 0 Å². The number of hydrogen-bond donors (Lipinski definition) is 0. The molecular weight excluding hydrogens is 122 g/mol. The summed E-state index contributed by atoms with van der Waals surface area (Å²) < 4.78 is 0. The van der Waals surface area contributed by atoms with E-state index in [9.17, 15) is 0 Å². The molecule has 1 aliphatic rings. The third-order valence-electron chi connectivity index (χ3n) is 2.14. The first-order chi connectivity index (χ1) is 4.86. The van der Waals surface area contributed by atoms with E-state index in [1.165, 1.54) is 12.8 Å². The Labute approximate surface area is 62.4 Å². The molecule has 10 heavy (non-hydrogen) atoms. The van der Waals surface area contributed by atoms with Crippen LogP contribution in [0.15, 0.2) is 12.2 Å². The van der Waals surface area contributed by atoms with Crippen LogP contribution in [0, 0.1) is 23.2 Å². The van der Waals surface area contributed by atoms with E-state index >= 15 is 0 Å². The lowest BCUT2D eigenvalue weighted by Crippen LogP contribution is -1.95. The van der Waals surface area contributed by atoms with Crippen molar-refractivity contribution in [2.45, 2.75) is 26.2 Å². The van der Waals surface area contributed by atoms with Crippen molar-refractivity contribution in [3.63, 3.8) is 0 Å². The Bertz CT molecular complexity index is 164. The highest BCUT2D eigenvalue weighted by Crippen LogP contribution is 2.27. The highest BCUT2D eigenvalue weighted by atomic mass is 14.3. The predicted octanol–water partition coefficient (Wildman–Crippen LogP) is 2.50. The van der Waals surface area contributed by atoms with Crippen LogP contribution in [0.1, 0.15) is 26.2 Å². The lowest BCUT2D eigenvalue weighted by molar-refractivity contribution is 0.518. The number of nitriles is 1. The normalized spacial score (nSPS) is 30.4. The fourth-order valence-corrected chi connectivity index (χ4v) is 1.43. The van der Waals surface area contributed by atoms with E-state index in [4.69, 9.17) is 5.26 Å². The molecule has 0 radical (unpaired) electrons. The molecule has 2 unspecified atom stereocenters. The van der Waals surface area contributed by atoms with Crippen LogP contribution in [-0.2, 0) is 0 Å². The molecule has 1 rings (SSSR count). The van der Waals surface area contributed by atoms with E-state index < -0.39 is 0 Å². The average molecular weight is 135 g/mol. The minimum absolute atomic E-state index is 0.551. The molecule has 2 atom stereocenters. The van der Waals surface area contributed by atoms with Crippen molar-refractivity contribution in [1.29, 1.82) is 5.26 Å². The van der Waals surface area contributed by atoms with Crippen LogP contribution in [0.2, 0.25) is 0 Å². The van der Waals surface area contributed by atoms with Crippen molar-refractivity contribution in [2.75, 3.05) is 0 Å².